The standard InChI is InChI=1S/C16H22Cl2NO3P/c1-10(20)16(19-13-5-6-14(17)15(18)8-13)12-4-2-3-11(7-12)9-23(21)22/h5-6,8-10,12,16,19-22H,2-4,7H2,1H3/t10-,12?,16+/m1/s1. The molecule has 1 aromatic rings. The van der Waals surface area contributed by atoms with E-state index in [0.717, 1.165) is 36.9 Å². The first-order valence-corrected chi connectivity index (χ1v) is 9.70. The Morgan fingerprint density at radius 1 is 1.30 bits per heavy atom. The van der Waals surface area contributed by atoms with Crippen molar-refractivity contribution in [1.82, 2.24) is 0 Å². The van der Waals surface area contributed by atoms with Gasteiger partial charge in [-0.3, -0.25) is 0 Å². The highest BCUT2D eigenvalue weighted by atomic mass is 35.5. The van der Waals surface area contributed by atoms with Crippen molar-refractivity contribution in [3.05, 3.63) is 39.6 Å². The molecule has 128 valence electrons. The highest BCUT2D eigenvalue weighted by Gasteiger charge is 2.29. The normalized spacial score (nSPS) is 23.1. The molecule has 0 spiro atoms. The topological polar surface area (TPSA) is 72.7 Å². The molecule has 4 N–H and O–H groups in total. The molecule has 0 amide bonds. The molecule has 0 aliphatic heterocycles. The maximum absolute atomic E-state index is 10.2. The van der Waals surface area contributed by atoms with Crippen molar-refractivity contribution in [1.29, 1.82) is 0 Å². The highest BCUT2D eigenvalue weighted by molar-refractivity contribution is 7.48. The molecule has 7 heteroatoms. The maximum Gasteiger partial charge on any atom is 0.191 e. The fourth-order valence-electron chi connectivity index (χ4n) is 3.13. The van der Waals surface area contributed by atoms with Crippen molar-refractivity contribution in [2.45, 2.75) is 44.8 Å². The van der Waals surface area contributed by atoms with Gasteiger partial charge < -0.3 is 20.2 Å². The highest BCUT2D eigenvalue weighted by Crippen LogP contribution is 2.38. The van der Waals surface area contributed by atoms with Gasteiger partial charge in [0, 0.05) is 5.69 Å². The fraction of sp³-hybridized carbons (Fsp3) is 0.500. The second kappa shape index (κ2) is 8.66. The number of hydrogen-bond acceptors (Lipinski definition) is 4. The van der Waals surface area contributed by atoms with Crippen LogP contribution in [-0.4, -0.2) is 27.0 Å². The van der Waals surface area contributed by atoms with Crippen LogP contribution in [0.2, 0.25) is 10.0 Å². The molecule has 1 fully saturated rings. The summed E-state index contributed by atoms with van der Waals surface area (Å²) >= 11 is 12.0. The van der Waals surface area contributed by atoms with Gasteiger partial charge in [0.05, 0.1) is 22.2 Å². The lowest BCUT2D eigenvalue weighted by molar-refractivity contribution is 0.135. The zero-order valence-corrected chi connectivity index (χ0v) is 15.3. The third-order valence-electron chi connectivity index (χ3n) is 4.18. The van der Waals surface area contributed by atoms with Gasteiger partial charge in [-0.1, -0.05) is 28.8 Å². The molecule has 1 aliphatic carbocycles. The number of benzene rings is 1. The summed E-state index contributed by atoms with van der Waals surface area (Å²) in [5.74, 6) is 1.78. The first-order chi connectivity index (χ1) is 10.9. The Bertz CT molecular complexity index is 566. The van der Waals surface area contributed by atoms with Crippen LogP contribution in [0.1, 0.15) is 32.6 Å². The second-order valence-corrected chi connectivity index (χ2v) is 7.72. The lowest BCUT2D eigenvalue weighted by atomic mass is 9.80. The van der Waals surface area contributed by atoms with Crippen LogP contribution in [0.15, 0.2) is 29.6 Å². The van der Waals surface area contributed by atoms with Gasteiger partial charge in [0.25, 0.3) is 0 Å². The fourth-order valence-corrected chi connectivity index (χ4v) is 3.99. The van der Waals surface area contributed by atoms with Gasteiger partial charge in [-0.05, 0) is 62.5 Å². The van der Waals surface area contributed by atoms with Crippen LogP contribution in [0.5, 0.6) is 0 Å². The minimum absolute atomic E-state index is 0.139. The zero-order chi connectivity index (χ0) is 17.0. The van der Waals surface area contributed by atoms with Crippen molar-refractivity contribution in [2.75, 3.05) is 5.32 Å². The summed E-state index contributed by atoms with van der Waals surface area (Å²) in [6.45, 7) is 1.76. The molecule has 23 heavy (non-hydrogen) atoms. The van der Waals surface area contributed by atoms with Crippen LogP contribution in [0.4, 0.5) is 5.69 Å². The van der Waals surface area contributed by atoms with E-state index in [-0.39, 0.29) is 12.0 Å². The van der Waals surface area contributed by atoms with E-state index in [9.17, 15) is 14.9 Å². The first kappa shape index (κ1) is 19.0. The number of anilines is 1. The van der Waals surface area contributed by atoms with Crippen LogP contribution < -0.4 is 5.32 Å². The van der Waals surface area contributed by atoms with Gasteiger partial charge in [-0.2, -0.15) is 0 Å². The van der Waals surface area contributed by atoms with Gasteiger partial charge in [-0.25, -0.2) is 0 Å². The van der Waals surface area contributed by atoms with Crippen molar-refractivity contribution in [2.24, 2.45) is 5.92 Å². The Morgan fingerprint density at radius 2 is 2.04 bits per heavy atom. The van der Waals surface area contributed by atoms with E-state index in [1.54, 1.807) is 24.9 Å². The van der Waals surface area contributed by atoms with Crippen LogP contribution in [-0.2, 0) is 0 Å². The van der Waals surface area contributed by atoms with Gasteiger partial charge in [0.1, 0.15) is 0 Å². The second-order valence-electron chi connectivity index (χ2n) is 6.00. The number of allylic oxidation sites excluding steroid dienone is 1. The number of aliphatic hydroxyl groups excluding tert-OH is 1. The van der Waals surface area contributed by atoms with E-state index in [0.29, 0.717) is 10.0 Å². The van der Waals surface area contributed by atoms with Crippen molar-refractivity contribution >= 4 is 37.3 Å². The molecule has 1 unspecified atom stereocenters. The molecule has 4 nitrogen and oxygen atoms in total. The Kier molecular flexibility index (Phi) is 7.15. The van der Waals surface area contributed by atoms with Crippen molar-refractivity contribution < 1.29 is 14.9 Å². The van der Waals surface area contributed by atoms with E-state index in [1.807, 2.05) is 6.07 Å². The monoisotopic (exact) mass is 377 g/mol. The van der Waals surface area contributed by atoms with Crippen LogP contribution in [0, 0.1) is 5.92 Å². The molecule has 1 aliphatic rings. The van der Waals surface area contributed by atoms with E-state index in [4.69, 9.17) is 23.2 Å². The molecule has 2 rings (SSSR count). The number of rotatable bonds is 5. The maximum atomic E-state index is 10.2. The molecule has 0 radical (unpaired) electrons. The molecule has 1 aromatic carbocycles. The Balaban J connectivity index is 2.12. The predicted octanol–water partition coefficient (Wildman–Crippen LogP) is 4.53. The van der Waals surface area contributed by atoms with Crippen molar-refractivity contribution in [3.8, 4) is 0 Å². The number of nitrogens with one attached hydrogen (secondary N) is 1. The Morgan fingerprint density at radius 3 is 2.65 bits per heavy atom. The third-order valence-corrected chi connectivity index (χ3v) is 5.51. The van der Waals surface area contributed by atoms with Crippen molar-refractivity contribution in [3.63, 3.8) is 0 Å². The van der Waals surface area contributed by atoms with Gasteiger partial charge >= 0.3 is 0 Å². The van der Waals surface area contributed by atoms with E-state index < -0.39 is 14.5 Å². The van der Waals surface area contributed by atoms with Crippen LogP contribution in [0.25, 0.3) is 0 Å². The number of halogens is 2. The van der Waals surface area contributed by atoms with Gasteiger partial charge in [0.15, 0.2) is 8.38 Å². The number of hydrogen-bond donors (Lipinski definition) is 4. The van der Waals surface area contributed by atoms with E-state index in [1.165, 1.54) is 0 Å². The van der Waals surface area contributed by atoms with E-state index >= 15 is 0 Å². The summed E-state index contributed by atoms with van der Waals surface area (Å²) in [5.41, 5.74) is 1.87. The molecular formula is C16H22Cl2NO3P. The Hall–Kier alpha value is -0.350. The van der Waals surface area contributed by atoms with Crippen LogP contribution in [0.3, 0.4) is 0 Å². The molecule has 3 atom stereocenters. The third kappa shape index (κ3) is 5.60. The molecule has 0 heterocycles. The zero-order valence-electron chi connectivity index (χ0n) is 12.9. The Labute approximate surface area is 148 Å². The summed E-state index contributed by atoms with van der Waals surface area (Å²) in [6, 6.07) is 5.17. The quantitative estimate of drug-likeness (QED) is 0.569. The molecule has 1 saturated carbocycles. The summed E-state index contributed by atoms with van der Waals surface area (Å²) in [6.07, 6.45) is 3.06. The van der Waals surface area contributed by atoms with Crippen LogP contribution >= 0.6 is 31.6 Å². The summed E-state index contributed by atoms with van der Waals surface area (Å²) < 4.78 is 0. The SMILES string of the molecule is C[C@@H](O)[C@H](Nc1ccc(Cl)c(Cl)c1)C1CCCC(=CP(O)O)C1. The average Bonchev–Trinajstić information content (AvgIpc) is 2.47. The predicted molar refractivity (Wildman–Crippen MR) is 97.0 cm³/mol. The minimum Gasteiger partial charge on any atom is -0.391 e. The first-order valence-electron chi connectivity index (χ1n) is 7.63. The summed E-state index contributed by atoms with van der Waals surface area (Å²) in [4.78, 5) is 18.4. The lowest BCUT2D eigenvalue weighted by Gasteiger charge is -2.34. The molecule has 0 saturated heterocycles. The van der Waals surface area contributed by atoms with Gasteiger partial charge in [-0.15, -0.1) is 0 Å². The smallest absolute Gasteiger partial charge is 0.191 e. The minimum atomic E-state index is -2.01. The average molecular weight is 378 g/mol. The number of aliphatic hydroxyl groups is 1. The van der Waals surface area contributed by atoms with Gasteiger partial charge in [0.2, 0.25) is 0 Å². The largest absolute Gasteiger partial charge is 0.391 e. The van der Waals surface area contributed by atoms with E-state index in [2.05, 4.69) is 5.32 Å². The summed E-state index contributed by atoms with van der Waals surface area (Å²) in [7, 11) is -2.01. The molecule has 0 aromatic heterocycles. The molecule has 0 bridgehead atoms. The lowest BCUT2D eigenvalue weighted by Crippen LogP contribution is -2.39. The molecular weight excluding hydrogens is 356 g/mol. The summed E-state index contributed by atoms with van der Waals surface area (Å²) in [5, 5.41) is 14.5.